The van der Waals surface area contributed by atoms with Crippen LogP contribution in [-0.2, 0) is 0 Å². The second-order valence-electron chi connectivity index (χ2n) is 7.91. The number of nitrogens with one attached hydrogen (secondary N) is 1. The van der Waals surface area contributed by atoms with Gasteiger partial charge in [0.1, 0.15) is 5.75 Å². The highest BCUT2D eigenvalue weighted by Crippen LogP contribution is 2.27. The van der Waals surface area contributed by atoms with Crippen molar-refractivity contribution in [1.82, 2.24) is 9.80 Å². The third-order valence-corrected chi connectivity index (χ3v) is 5.74. The van der Waals surface area contributed by atoms with Gasteiger partial charge in [-0.1, -0.05) is 42.5 Å². The molecule has 164 valence electrons. The zero-order valence-corrected chi connectivity index (χ0v) is 18.4. The number of carbonyl (C=O) groups is 2. The van der Waals surface area contributed by atoms with Gasteiger partial charge in [0.25, 0.3) is 11.8 Å². The molecule has 1 fully saturated rings. The lowest BCUT2D eigenvalue weighted by Crippen LogP contribution is -2.47. The van der Waals surface area contributed by atoms with Crippen molar-refractivity contribution in [3.8, 4) is 16.9 Å². The summed E-state index contributed by atoms with van der Waals surface area (Å²) in [5, 5.41) is 2.90. The molecular formula is C26H27N3O3. The quantitative estimate of drug-likeness (QED) is 0.666. The summed E-state index contributed by atoms with van der Waals surface area (Å²) >= 11 is 0. The van der Waals surface area contributed by atoms with Crippen LogP contribution < -0.4 is 10.1 Å². The number of hydrogen-bond acceptors (Lipinski definition) is 4. The van der Waals surface area contributed by atoms with Gasteiger partial charge in [0.15, 0.2) is 0 Å². The van der Waals surface area contributed by atoms with E-state index in [2.05, 4.69) is 17.3 Å². The van der Waals surface area contributed by atoms with Gasteiger partial charge in [-0.05, 0) is 48.5 Å². The fraction of sp³-hybridized carbons (Fsp3) is 0.231. The number of amides is 2. The summed E-state index contributed by atoms with van der Waals surface area (Å²) in [4.78, 5) is 29.9. The van der Waals surface area contributed by atoms with Gasteiger partial charge >= 0.3 is 0 Å². The first-order chi connectivity index (χ1) is 15.5. The SMILES string of the molecule is COc1ccc(C(=O)N2CCN(C)CC2)cc1NC(=O)c1ccc(-c2ccccc2)cc1. The van der Waals surface area contributed by atoms with E-state index >= 15 is 0 Å². The van der Waals surface area contributed by atoms with Crippen LogP contribution >= 0.6 is 0 Å². The van der Waals surface area contributed by atoms with E-state index in [1.807, 2.05) is 47.4 Å². The van der Waals surface area contributed by atoms with Gasteiger partial charge in [0.05, 0.1) is 12.8 Å². The maximum Gasteiger partial charge on any atom is 0.255 e. The molecule has 0 aromatic heterocycles. The van der Waals surface area contributed by atoms with E-state index in [0.29, 0.717) is 35.7 Å². The molecule has 6 nitrogen and oxygen atoms in total. The summed E-state index contributed by atoms with van der Waals surface area (Å²) in [6, 6.07) is 22.6. The van der Waals surface area contributed by atoms with Crippen LogP contribution in [0.15, 0.2) is 72.8 Å². The lowest BCUT2D eigenvalue weighted by atomic mass is 10.0. The van der Waals surface area contributed by atoms with E-state index in [9.17, 15) is 9.59 Å². The molecule has 0 saturated carbocycles. The lowest BCUT2D eigenvalue weighted by molar-refractivity contribution is 0.0664. The van der Waals surface area contributed by atoms with Crippen LogP contribution in [0.3, 0.4) is 0 Å². The molecule has 1 saturated heterocycles. The highest BCUT2D eigenvalue weighted by molar-refractivity contribution is 6.06. The number of piperazine rings is 1. The van der Waals surface area contributed by atoms with E-state index < -0.39 is 0 Å². The van der Waals surface area contributed by atoms with E-state index in [-0.39, 0.29) is 11.8 Å². The Balaban J connectivity index is 1.51. The number of likely N-dealkylation sites (N-methyl/N-ethyl adjacent to an activating group) is 1. The largest absolute Gasteiger partial charge is 0.495 e. The van der Waals surface area contributed by atoms with Gasteiger partial charge < -0.3 is 19.9 Å². The number of hydrogen-bond donors (Lipinski definition) is 1. The number of ether oxygens (including phenoxy) is 1. The molecule has 1 N–H and O–H groups in total. The number of benzene rings is 3. The zero-order chi connectivity index (χ0) is 22.5. The van der Waals surface area contributed by atoms with Crippen molar-refractivity contribution in [3.05, 3.63) is 83.9 Å². The van der Waals surface area contributed by atoms with Crippen molar-refractivity contribution in [2.24, 2.45) is 0 Å². The number of carbonyl (C=O) groups excluding carboxylic acids is 2. The normalized spacial score (nSPS) is 14.1. The van der Waals surface area contributed by atoms with Crippen molar-refractivity contribution >= 4 is 17.5 Å². The Kier molecular flexibility index (Phi) is 6.52. The minimum Gasteiger partial charge on any atom is -0.495 e. The molecule has 0 spiro atoms. The Labute approximate surface area is 188 Å². The Bertz CT molecular complexity index is 1090. The molecule has 0 atom stereocenters. The molecule has 0 aliphatic carbocycles. The minimum atomic E-state index is -0.257. The third-order valence-electron chi connectivity index (χ3n) is 5.74. The molecule has 32 heavy (non-hydrogen) atoms. The third kappa shape index (κ3) is 4.81. The van der Waals surface area contributed by atoms with Crippen molar-refractivity contribution in [2.45, 2.75) is 0 Å². The van der Waals surface area contributed by atoms with Crippen LogP contribution in [0.4, 0.5) is 5.69 Å². The number of rotatable bonds is 5. The van der Waals surface area contributed by atoms with E-state index in [1.54, 1.807) is 37.4 Å². The zero-order valence-electron chi connectivity index (χ0n) is 18.4. The average molecular weight is 430 g/mol. The summed E-state index contributed by atoms with van der Waals surface area (Å²) < 4.78 is 5.41. The monoisotopic (exact) mass is 429 g/mol. The Morgan fingerprint density at radius 3 is 2.09 bits per heavy atom. The van der Waals surface area contributed by atoms with Crippen molar-refractivity contribution < 1.29 is 14.3 Å². The fourth-order valence-corrected chi connectivity index (χ4v) is 3.77. The molecule has 3 aromatic carbocycles. The van der Waals surface area contributed by atoms with Crippen LogP contribution in [0.5, 0.6) is 5.75 Å². The maximum absolute atomic E-state index is 12.9. The number of nitrogens with zero attached hydrogens (tertiary/aromatic N) is 2. The van der Waals surface area contributed by atoms with Crippen LogP contribution in [0.25, 0.3) is 11.1 Å². The van der Waals surface area contributed by atoms with Gasteiger partial charge in [-0.2, -0.15) is 0 Å². The van der Waals surface area contributed by atoms with Gasteiger partial charge in [0, 0.05) is 37.3 Å². The predicted molar refractivity (Wildman–Crippen MR) is 126 cm³/mol. The topological polar surface area (TPSA) is 61.9 Å². The van der Waals surface area contributed by atoms with Gasteiger partial charge in [-0.15, -0.1) is 0 Å². The Hall–Kier alpha value is -3.64. The first-order valence-electron chi connectivity index (χ1n) is 10.7. The molecular weight excluding hydrogens is 402 g/mol. The molecule has 0 bridgehead atoms. The molecule has 3 aromatic rings. The first kappa shape index (κ1) is 21.6. The average Bonchev–Trinajstić information content (AvgIpc) is 2.84. The molecule has 1 aliphatic heterocycles. The second-order valence-corrected chi connectivity index (χ2v) is 7.91. The van der Waals surface area contributed by atoms with Gasteiger partial charge in [0.2, 0.25) is 0 Å². The van der Waals surface area contributed by atoms with E-state index in [0.717, 1.165) is 24.2 Å². The summed E-state index contributed by atoms with van der Waals surface area (Å²) in [7, 11) is 3.59. The van der Waals surface area contributed by atoms with E-state index in [1.165, 1.54) is 0 Å². The van der Waals surface area contributed by atoms with Crippen molar-refractivity contribution in [2.75, 3.05) is 45.7 Å². The van der Waals surface area contributed by atoms with Crippen LogP contribution in [0.2, 0.25) is 0 Å². The minimum absolute atomic E-state index is 0.0385. The Morgan fingerprint density at radius 1 is 0.812 bits per heavy atom. The highest BCUT2D eigenvalue weighted by Gasteiger charge is 2.21. The molecule has 1 aliphatic rings. The fourth-order valence-electron chi connectivity index (χ4n) is 3.77. The van der Waals surface area contributed by atoms with Crippen LogP contribution in [0.1, 0.15) is 20.7 Å². The summed E-state index contributed by atoms with van der Waals surface area (Å²) in [5.41, 5.74) is 3.67. The summed E-state index contributed by atoms with van der Waals surface area (Å²) in [5.74, 6) is 0.213. The number of anilines is 1. The molecule has 4 rings (SSSR count). The summed E-state index contributed by atoms with van der Waals surface area (Å²) in [6.07, 6.45) is 0. The molecule has 6 heteroatoms. The Morgan fingerprint density at radius 2 is 1.44 bits per heavy atom. The van der Waals surface area contributed by atoms with Gasteiger partial charge in [-0.3, -0.25) is 9.59 Å². The van der Waals surface area contributed by atoms with Crippen molar-refractivity contribution in [1.29, 1.82) is 0 Å². The maximum atomic E-state index is 12.9. The van der Waals surface area contributed by atoms with Crippen LogP contribution in [-0.4, -0.2) is 62.0 Å². The highest BCUT2D eigenvalue weighted by atomic mass is 16.5. The smallest absolute Gasteiger partial charge is 0.255 e. The first-order valence-corrected chi connectivity index (χ1v) is 10.7. The summed E-state index contributed by atoms with van der Waals surface area (Å²) in [6.45, 7) is 3.09. The number of methoxy groups -OCH3 is 1. The lowest BCUT2D eigenvalue weighted by Gasteiger charge is -2.32. The molecule has 0 unspecified atom stereocenters. The second kappa shape index (κ2) is 9.66. The van der Waals surface area contributed by atoms with Gasteiger partial charge in [-0.25, -0.2) is 0 Å². The molecule has 1 heterocycles. The van der Waals surface area contributed by atoms with Crippen LogP contribution in [0, 0.1) is 0 Å². The van der Waals surface area contributed by atoms with E-state index in [4.69, 9.17) is 4.74 Å². The molecule has 2 amide bonds. The van der Waals surface area contributed by atoms with Crippen molar-refractivity contribution in [3.63, 3.8) is 0 Å². The predicted octanol–water partition coefficient (Wildman–Crippen LogP) is 4.00. The molecule has 0 radical (unpaired) electrons. The standard InChI is InChI=1S/C26H27N3O3/c1-28-14-16-29(17-15-28)26(31)22-12-13-24(32-2)23(18-22)27-25(30)21-10-8-20(9-11-21)19-6-4-3-5-7-19/h3-13,18H,14-17H2,1-2H3,(H,27,30).